The summed E-state index contributed by atoms with van der Waals surface area (Å²) in [6, 6.07) is 4.42. The summed E-state index contributed by atoms with van der Waals surface area (Å²) >= 11 is 0. The second kappa shape index (κ2) is 12.7. The summed E-state index contributed by atoms with van der Waals surface area (Å²) in [5.41, 5.74) is 1.72. The molecule has 1 saturated heterocycles. The van der Waals surface area contributed by atoms with Crippen molar-refractivity contribution in [2.45, 2.75) is 58.5 Å². The Morgan fingerprint density at radius 3 is 2.38 bits per heavy atom. The van der Waals surface area contributed by atoms with E-state index in [-0.39, 0.29) is 30.5 Å². The first kappa shape index (κ1) is 28.7. The van der Waals surface area contributed by atoms with Gasteiger partial charge < -0.3 is 24.4 Å². The van der Waals surface area contributed by atoms with Crippen LogP contribution >= 0.6 is 0 Å². The molecule has 0 radical (unpaired) electrons. The van der Waals surface area contributed by atoms with E-state index in [9.17, 15) is 14.4 Å². The molecule has 10 heteroatoms. The highest BCUT2D eigenvalue weighted by atomic mass is 16.5. The first-order valence-electron chi connectivity index (χ1n) is 14.1. The van der Waals surface area contributed by atoms with Gasteiger partial charge in [-0.25, -0.2) is 9.59 Å². The zero-order chi connectivity index (χ0) is 28.1. The topological polar surface area (TPSA) is 101 Å². The van der Waals surface area contributed by atoms with Crippen LogP contribution in [0.2, 0.25) is 0 Å². The minimum Gasteiger partial charge on any atom is -0.493 e. The Hall–Kier alpha value is -3.27. The number of methoxy groups -OCH3 is 2. The number of urea groups is 1. The Balaban J connectivity index is 1.65. The summed E-state index contributed by atoms with van der Waals surface area (Å²) in [6.45, 7) is 8.72. The molecule has 2 heterocycles. The van der Waals surface area contributed by atoms with E-state index in [1.54, 1.807) is 38.2 Å². The van der Waals surface area contributed by atoms with Crippen molar-refractivity contribution in [1.29, 1.82) is 0 Å². The third kappa shape index (κ3) is 6.00. The van der Waals surface area contributed by atoms with E-state index in [0.717, 1.165) is 25.7 Å². The summed E-state index contributed by atoms with van der Waals surface area (Å²) < 4.78 is 16.4. The van der Waals surface area contributed by atoms with Crippen LogP contribution in [0, 0.1) is 5.92 Å². The molecule has 1 saturated carbocycles. The number of piperazine rings is 1. The predicted octanol–water partition coefficient (Wildman–Crippen LogP) is 3.33. The summed E-state index contributed by atoms with van der Waals surface area (Å²) in [5, 5.41) is 3.00. The first-order valence-corrected chi connectivity index (χ1v) is 14.1. The van der Waals surface area contributed by atoms with Gasteiger partial charge in [0, 0.05) is 50.4 Å². The molecule has 214 valence electrons. The molecule has 10 nitrogen and oxygen atoms in total. The number of nitrogens with one attached hydrogen (secondary N) is 1. The van der Waals surface area contributed by atoms with Crippen LogP contribution < -0.4 is 14.8 Å². The van der Waals surface area contributed by atoms with E-state index in [2.05, 4.69) is 17.1 Å². The van der Waals surface area contributed by atoms with Gasteiger partial charge in [-0.3, -0.25) is 14.6 Å². The number of amides is 3. The molecule has 4 rings (SSSR count). The van der Waals surface area contributed by atoms with Gasteiger partial charge in [-0.15, -0.1) is 0 Å². The quantitative estimate of drug-likeness (QED) is 0.478. The van der Waals surface area contributed by atoms with E-state index in [4.69, 9.17) is 14.2 Å². The molecule has 3 amide bonds. The number of esters is 1. The van der Waals surface area contributed by atoms with Gasteiger partial charge in [-0.2, -0.15) is 0 Å². The lowest BCUT2D eigenvalue weighted by Gasteiger charge is -2.43. The maximum Gasteiger partial charge on any atom is 0.338 e. The van der Waals surface area contributed by atoms with Crippen LogP contribution in [0.4, 0.5) is 4.79 Å². The molecule has 2 fully saturated rings. The Morgan fingerprint density at radius 2 is 1.77 bits per heavy atom. The summed E-state index contributed by atoms with van der Waals surface area (Å²) in [7, 11) is 3.11. The molecular weight excluding hydrogens is 500 g/mol. The number of carbonyl (C=O) groups excluding carboxylic acids is 3. The highest BCUT2D eigenvalue weighted by Crippen LogP contribution is 2.37. The van der Waals surface area contributed by atoms with E-state index in [1.165, 1.54) is 0 Å². The highest BCUT2D eigenvalue weighted by molar-refractivity contribution is 5.95. The van der Waals surface area contributed by atoms with Crippen molar-refractivity contribution in [2.24, 2.45) is 5.92 Å². The third-order valence-corrected chi connectivity index (χ3v) is 8.06. The fourth-order valence-corrected chi connectivity index (χ4v) is 6.06. The molecule has 2 aliphatic heterocycles. The van der Waals surface area contributed by atoms with Crippen LogP contribution in [0.3, 0.4) is 0 Å². The lowest BCUT2D eigenvalue weighted by atomic mass is 9.93. The number of carbonyl (C=O) groups is 3. The van der Waals surface area contributed by atoms with Gasteiger partial charge in [0.1, 0.15) is 0 Å². The van der Waals surface area contributed by atoms with E-state index < -0.39 is 12.0 Å². The molecule has 39 heavy (non-hydrogen) atoms. The maximum atomic E-state index is 13.4. The number of nitrogens with zero attached hydrogens (tertiary/aromatic N) is 3. The van der Waals surface area contributed by atoms with E-state index in [1.807, 2.05) is 17.9 Å². The second-order valence-electron chi connectivity index (χ2n) is 10.4. The Kier molecular flexibility index (Phi) is 9.37. The number of rotatable bonds is 9. The maximum absolute atomic E-state index is 13.4. The molecule has 1 N–H and O–H groups in total. The minimum atomic E-state index is -0.711. The Bertz CT molecular complexity index is 1100. The summed E-state index contributed by atoms with van der Waals surface area (Å²) in [4.78, 5) is 45.7. The molecule has 0 aromatic heterocycles. The largest absolute Gasteiger partial charge is 0.493 e. The van der Waals surface area contributed by atoms with Gasteiger partial charge in [0.2, 0.25) is 5.91 Å². The van der Waals surface area contributed by atoms with Crippen molar-refractivity contribution in [3.05, 3.63) is 35.0 Å². The van der Waals surface area contributed by atoms with Gasteiger partial charge in [0.15, 0.2) is 11.5 Å². The minimum absolute atomic E-state index is 0.0487. The van der Waals surface area contributed by atoms with Crippen molar-refractivity contribution in [1.82, 2.24) is 20.0 Å². The zero-order valence-electron chi connectivity index (χ0n) is 23.8. The highest BCUT2D eigenvalue weighted by Gasteiger charge is 2.40. The molecule has 2 atom stereocenters. The van der Waals surface area contributed by atoms with Crippen LogP contribution in [0.15, 0.2) is 29.5 Å². The van der Waals surface area contributed by atoms with Gasteiger partial charge >= 0.3 is 12.0 Å². The van der Waals surface area contributed by atoms with Crippen molar-refractivity contribution >= 4 is 17.9 Å². The average Bonchev–Trinajstić information content (AvgIpc) is 3.47. The molecule has 0 bridgehead atoms. The summed E-state index contributed by atoms with van der Waals surface area (Å²) in [5.74, 6) is 1.01. The normalized spacial score (nSPS) is 22.6. The number of likely N-dealkylation sites (N-methyl/N-ethyl adjacent to an activating group) is 1. The average molecular weight is 543 g/mol. The Morgan fingerprint density at radius 1 is 1.05 bits per heavy atom. The van der Waals surface area contributed by atoms with Crippen molar-refractivity contribution in [3.63, 3.8) is 0 Å². The number of hydrogen-bond acceptors (Lipinski definition) is 7. The van der Waals surface area contributed by atoms with Crippen LogP contribution in [-0.2, 0) is 14.3 Å². The molecule has 1 aliphatic carbocycles. The Labute approximate surface area is 231 Å². The van der Waals surface area contributed by atoms with Crippen molar-refractivity contribution in [3.8, 4) is 11.5 Å². The SMILES string of the molecule is CCOC(=O)C1=C(CN2CCN(C(=O)C3CCCC3)C(C)C2)N(CC)C(=O)NC1c1ccc(OC)c(OC)c1. The van der Waals surface area contributed by atoms with Gasteiger partial charge in [0.05, 0.1) is 32.4 Å². The summed E-state index contributed by atoms with van der Waals surface area (Å²) in [6.07, 6.45) is 4.23. The lowest BCUT2D eigenvalue weighted by molar-refractivity contribution is -0.140. The third-order valence-electron chi connectivity index (χ3n) is 8.06. The van der Waals surface area contributed by atoms with Gasteiger partial charge in [-0.1, -0.05) is 18.9 Å². The predicted molar refractivity (Wildman–Crippen MR) is 146 cm³/mol. The van der Waals surface area contributed by atoms with Crippen LogP contribution in [0.5, 0.6) is 11.5 Å². The van der Waals surface area contributed by atoms with Crippen LogP contribution in [-0.4, -0.2) is 92.2 Å². The zero-order valence-corrected chi connectivity index (χ0v) is 23.8. The molecule has 0 spiro atoms. The number of ether oxygens (including phenoxy) is 3. The standard InChI is InChI=1S/C29H42N4O6/c1-6-32-22(18-31-14-15-33(19(3)17-31)27(34)20-10-8-9-11-20)25(28(35)39-7-2)26(30-29(32)36)21-12-13-23(37-4)24(16-21)38-5/h12-13,16,19-20,26H,6-11,14-15,17-18H2,1-5H3,(H,30,36). The van der Waals surface area contributed by atoms with Crippen molar-refractivity contribution < 1.29 is 28.6 Å². The first-order chi connectivity index (χ1) is 18.8. The molecule has 3 aliphatic rings. The monoisotopic (exact) mass is 542 g/mol. The van der Waals surface area contributed by atoms with E-state index in [0.29, 0.717) is 61.1 Å². The molecule has 1 aromatic rings. The van der Waals surface area contributed by atoms with Crippen LogP contribution in [0.1, 0.15) is 58.1 Å². The van der Waals surface area contributed by atoms with Gasteiger partial charge in [0.25, 0.3) is 0 Å². The fourth-order valence-electron chi connectivity index (χ4n) is 6.06. The molecule has 1 aromatic carbocycles. The lowest BCUT2D eigenvalue weighted by Crippen LogP contribution is -2.57. The van der Waals surface area contributed by atoms with Crippen molar-refractivity contribution in [2.75, 3.05) is 53.6 Å². The molecule has 2 unspecified atom stereocenters. The van der Waals surface area contributed by atoms with E-state index >= 15 is 0 Å². The van der Waals surface area contributed by atoms with Crippen LogP contribution in [0.25, 0.3) is 0 Å². The molecular formula is C29H42N4O6. The fraction of sp³-hybridized carbons (Fsp3) is 0.621. The second-order valence-corrected chi connectivity index (χ2v) is 10.4. The number of hydrogen-bond donors (Lipinski definition) is 1. The van der Waals surface area contributed by atoms with Gasteiger partial charge in [-0.05, 0) is 51.3 Å². The smallest absolute Gasteiger partial charge is 0.338 e. The number of benzene rings is 1.